The van der Waals surface area contributed by atoms with Crippen molar-refractivity contribution in [2.24, 2.45) is 0 Å². The molecule has 0 atom stereocenters. The van der Waals surface area contributed by atoms with Crippen molar-refractivity contribution in [1.82, 2.24) is 4.98 Å². The van der Waals surface area contributed by atoms with E-state index in [-0.39, 0.29) is 11.1 Å². The Morgan fingerprint density at radius 3 is 2.55 bits per heavy atom. The Balaban J connectivity index is 2.22. The molecule has 1 N–H and O–H groups in total. The second kappa shape index (κ2) is 4.97. The van der Waals surface area contributed by atoms with E-state index in [0.29, 0.717) is 21.5 Å². The molecule has 0 aliphatic heterocycles. The highest BCUT2D eigenvalue weighted by Gasteiger charge is 2.26. The van der Waals surface area contributed by atoms with Gasteiger partial charge in [-0.25, -0.2) is 0 Å². The first-order chi connectivity index (χ1) is 9.60. The lowest BCUT2D eigenvalue weighted by molar-refractivity contribution is 0.996. The number of rotatable bonds is 2. The number of aromatic amines is 1. The van der Waals surface area contributed by atoms with Gasteiger partial charge in [-0.3, -0.25) is 4.79 Å². The molecule has 0 saturated heterocycles. The van der Waals surface area contributed by atoms with Crippen molar-refractivity contribution in [3.8, 4) is 17.2 Å². The smallest absolute Gasteiger partial charge is 0.266 e. The summed E-state index contributed by atoms with van der Waals surface area (Å²) in [6.45, 7) is 0. The molecule has 1 aromatic carbocycles. The van der Waals surface area contributed by atoms with Gasteiger partial charge in [0.25, 0.3) is 5.56 Å². The predicted molar refractivity (Wildman–Crippen MR) is 79.2 cm³/mol. The van der Waals surface area contributed by atoms with Crippen LogP contribution in [0.15, 0.2) is 29.1 Å². The minimum atomic E-state index is -0.349. The molecule has 0 spiro atoms. The third-order valence-electron chi connectivity index (χ3n) is 3.41. The van der Waals surface area contributed by atoms with E-state index in [1.807, 2.05) is 12.1 Å². The van der Waals surface area contributed by atoms with E-state index in [1.165, 1.54) is 0 Å². The maximum atomic E-state index is 12.0. The van der Waals surface area contributed by atoms with Crippen LogP contribution in [-0.2, 0) is 0 Å². The van der Waals surface area contributed by atoms with Crippen molar-refractivity contribution in [3.05, 3.63) is 55.9 Å². The summed E-state index contributed by atoms with van der Waals surface area (Å²) in [5.41, 5.74) is 1.97. The Bertz CT molecular complexity index is 785. The van der Waals surface area contributed by atoms with Crippen molar-refractivity contribution in [3.63, 3.8) is 0 Å². The van der Waals surface area contributed by atoms with Crippen LogP contribution in [0.4, 0.5) is 0 Å². The first-order valence-electron chi connectivity index (χ1n) is 6.23. The first-order valence-corrected chi connectivity index (χ1v) is 6.98. The predicted octanol–water partition coefficient (Wildman–Crippen LogP) is 4.10. The molecular weight excluding hydrogens is 295 g/mol. The van der Waals surface area contributed by atoms with Gasteiger partial charge in [0, 0.05) is 11.3 Å². The monoisotopic (exact) mass is 304 g/mol. The maximum absolute atomic E-state index is 12.0. The number of H-pyrrole nitrogens is 1. The summed E-state index contributed by atoms with van der Waals surface area (Å²) in [6.07, 6.45) is 2.14. The summed E-state index contributed by atoms with van der Waals surface area (Å²) in [4.78, 5) is 14.8. The lowest BCUT2D eigenvalue weighted by Gasteiger charge is -2.08. The van der Waals surface area contributed by atoms with Crippen LogP contribution >= 0.6 is 23.2 Å². The highest BCUT2D eigenvalue weighted by molar-refractivity contribution is 6.42. The summed E-state index contributed by atoms with van der Waals surface area (Å²) in [7, 11) is 0. The fraction of sp³-hybridized carbons (Fsp3) is 0.200. The molecule has 20 heavy (non-hydrogen) atoms. The Labute approximate surface area is 125 Å². The molecule has 1 fully saturated rings. The molecular formula is C15H10Cl2N2O. The summed E-state index contributed by atoms with van der Waals surface area (Å²) < 4.78 is 0. The molecule has 100 valence electrons. The molecule has 2 aromatic rings. The molecule has 0 unspecified atom stereocenters. The van der Waals surface area contributed by atoms with Gasteiger partial charge in [0.1, 0.15) is 11.6 Å². The van der Waals surface area contributed by atoms with Crippen LogP contribution in [0.25, 0.3) is 11.1 Å². The average molecular weight is 305 g/mol. The zero-order valence-electron chi connectivity index (χ0n) is 10.4. The van der Waals surface area contributed by atoms with E-state index in [9.17, 15) is 10.1 Å². The number of nitrogens with one attached hydrogen (secondary N) is 1. The molecule has 5 heteroatoms. The second-order valence-corrected chi connectivity index (χ2v) is 5.67. The summed E-state index contributed by atoms with van der Waals surface area (Å²) >= 11 is 11.9. The van der Waals surface area contributed by atoms with Gasteiger partial charge in [-0.15, -0.1) is 0 Å². The van der Waals surface area contributed by atoms with Crippen molar-refractivity contribution >= 4 is 23.2 Å². The van der Waals surface area contributed by atoms with Crippen molar-refractivity contribution in [2.75, 3.05) is 0 Å². The second-order valence-electron chi connectivity index (χ2n) is 4.86. The first kappa shape index (κ1) is 13.2. The number of benzene rings is 1. The summed E-state index contributed by atoms with van der Waals surface area (Å²) in [6, 6.07) is 8.94. The fourth-order valence-electron chi connectivity index (χ4n) is 2.20. The van der Waals surface area contributed by atoms with Crippen LogP contribution < -0.4 is 5.56 Å². The third-order valence-corrected chi connectivity index (χ3v) is 4.15. The molecule has 1 saturated carbocycles. The summed E-state index contributed by atoms with van der Waals surface area (Å²) in [5, 5.41) is 10.1. The number of pyridine rings is 1. The molecule has 0 bridgehead atoms. The van der Waals surface area contributed by atoms with Gasteiger partial charge in [-0.05, 0) is 42.5 Å². The number of nitriles is 1. The zero-order chi connectivity index (χ0) is 14.3. The van der Waals surface area contributed by atoms with E-state index in [0.717, 1.165) is 24.1 Å². The van der Waals surface area contributed by atoms with Crippen LogP contribution in [0.2, 0.25) is 10.0 Å². The van der Waals surface area contributed by atoms with E-state index >= 15 is 0 Å². The molecule has 1 heterocycles. The van der Waals surface area contributed by atoms with Crippen molar-refractivity contribution in [2.45, 2.75) is 18.8 Å². The van der Waals surface area contributed by atoms with Crippen molar-refractivity contribution < 1.29 is 0 Å². The molecule has 0 radical (unpaired) electrons. The number of hydrogen-bond acceptors (Lipinski definition) is 2. The van der Waals surface area contributed by atoms with Crippen LogP contribution in [0.1, 0.15) is 30.0 Å². The van der Waals surface area contributed by atoms with E-state index in [1.54, 1.807) is 18.2 Å². The number of halogens is 2. The maximum Gasteiger partial charge on any atom is 0.266 e. The largest absolute Gasteiger partial charge is 0.325 e. The lowest BCUT2D eigenvalue weighted by atomic mass is 10.00. The van der Waals surface area contributed by atoms with Crippen LogP contribution in [0.5, 0.6) is 0 Å². The van der Waals surface area contributed by atoms with Crippen LogP contribution in [0.3, 0.4) is 0 Å². The highest BCUT2D eigenvalue weighted by Crippen LogP contribution is 2.40. The molecule has 0 amide bonds. The molecule has 1 aromatic heterocycles. The fourth-order valence-corrected chi connectivity index (χ4v) is 2.49. The van der Waals surface area contributed by atoms with E-state index in [2.05, 4.69) is 4.98 Å². The lowest BCUT2D eigenvalue weighted by Crippen LogP contribution is -2.13. The minimum Gasteiger partial charge on any atom is -0.325 e. The molecule has 1 aliphatic rings. The third kappa shape index (κ3) is 2.33. The van der Waals surface area contributed by atoms with Crippen LogP contribution in [-0.4, -0.2) is 4.98 Å². The standard InChI is InChI=1S/C15H10Cl2N2O/c16-12-4-3-9(5-13(12)17)10-6-14(8-1-2-8)19-15(20)11(10)7-18/h3-6,8H,1-2H2,(H,19,20). The molecule has 1 aliphatic carbocycles. The van der Waals surface area contributed by atoms with Gasteiger partial charge in [0.05, 0.1) is 10.0 Å². The Morgan fingerprint density at radius 1 is 1.20 bits per heavy atom. The van der Waals surface area contributed by atoms with Gasteiger partial charge in [-0.1, -0.05) is 29.3 Å². The number of aromatic nitrogens is 1. The molecule has 3 rings (SSSR count). The normalized spacial score (nSPS) is 14.1. The Morgan fingerprint density at radius 2 is 1.95 bits per heavy atom. The SMILES string of the molecule is N#Cc1c(-c2ccc(Cl)c(Cl)c2)cc(C2CC2)[nH]c1=O. The number of nitrogens with zero attached hydrogens (tertiary/aromatic N) is 1. The van der Waals surface area contributed by atoms with Gasteiger partial charge in [0.2, 0.25) is 0 Å². The molecule has 3 nitrogen and oxygen atoms in total. The van der Waals surface area contributed by atoms with Crippen molar-refractivity contribution in [1.29, 1.82) is 5.26 Å². The number of hydrogen-bond donors (Lipinski definition) is 1. The minimum absolute atomic E-state index is 0.104. The zero-order valence-corrected chi connectivity index (χ0v) is 11.9. The Kier molecular flexibility index (Phi) is 3.29. The quantitative estimate of drug-likeness (QED) is 0.908. The Hall–Kier alpha value is -1.76. The van der Waals surface area contributed by atoms with Gasteiger partial charge in [-0.2, -0.15) is 5.26 Å². The highest BCUT2D eigenvalue weighted by atomic mass is 35.5. The van der Waals surface area contributed by atoms with Gasteiger partial charge in [0.15, 0.2) is 0 Å². The van der Waals surface area contributed by atoms with Gasteiger partial charge >= 0.3 is 0 Å². The summed E-state index contributed by atoms with van der Waals surface area (Å²) in [5.74, 6) is 0.400. The van der Waals surface area contributed by atoms with Crippen LogP contribution in [0, 0.1) is 11.3 Å². The average Bonchev–Trinajstić information content (AvgIpc) is 3.25. The van der Waals surface area contributed by atoms with E-state index in [4.69, 9.17) is 23.2 Å². The topological polar surface area (TPSA) is 56.6 Å². The van der Waals surface area contributed by atoms with E-state index < -0.39 is 0 Å². The van der Waals surface area contributed by atoms with Gasteiger partial charge < -0.3 is 4.98 Å².